The molecular weight excluding hydrogens is 337 g/mol. The van der Waals surface area contributed by atoms with Crippen LogP contribution < -0.4 is 0 Å². The summed E-state index contributed by atoms with van der Waals surface area (Å²) in [5, 5.41) is 1.79. The molecule has 0 fully saturated rings. The van der Waals surface area contributed by atoms with E-state index < -0.39 is 0 Å². The minimum absolute atomic E-state index is 0.109. The smallest absolute Gasteiger partial charge is 0.254 e. The van der Waals surface area contributed by atoms with Gasteiger partial charge in [-0.05, 0) is 17.5 Å². The Morgan fingerprint density at radius 1 is 1.19 bits per heavy atom. The summed E-state index contributed by atoms with van der Waals surface area (Å²) in [5.41, 5.74) is 0.518. The Balaban J connectivity index is 2.39. The van der Waals surface area contributed by atoms with E-state index in [9.17, 15) is 9.18 Å². The molecule has 0 radical (unpaired) electrons. The summed E-state index contributed by atoms with van der Waals surface area (Å²) < 4.78 is 18.9. The van der Waals surface area contributed by atoms with Crippen LogP contribution in [0.5, 0.6) is 0 Å². The van der Waals surface area contributed by atoms with Crippen molar-refractivity contribution in [3.05, 3.63) is 47.8 Å². The lowest BCUT2D eigenvalue weighted by atomic mass is 10.0. The van der Waals surface area contributed by atoms with E-state index in [0.717, 1.165) is 0 Å². The molecule has 21 heavy (non-hydrogen) atoms. The third kappa shape index (κ3) is 3.60. The van der Waals surface area contributed by atoms with E-state index in [1.807, 2.05) is 6.07 Å². The first-order valence-corrected chi connectivity index (χ1v) is 7.82. The molecule has 0 aliphatic heterocycles. The maximum atomic E-state index is 13.8. The lowest BCUT2D eigenvalue weighted by molar-refractivity contribution is 0.0711. The van der Waals surface area contributed by atoms with Crippen molar-refractivity contribution in [3.63, 3.8) is 0 Å². The number of benzene rings is 2. The summed E-state index contributed by atoms with van der Waals surface area (Å²) in [5.74, 6) is -0.422. The van der Waals surface area contributed by atoms with Crippen LogP contribution >= 0.6 is 15.9 Å². The molecule has 0 spiro atoms. The first-order valence-electron chi connectivity index (χ1n) is 6.70. The molecular formula is C16H17BrFNO2. The van der Waals surface area contributed by atoms with Gasteiger partial charge in [-0.15, -0.1) is 0 Å². The molecule has 0 aromatic heterocycles. The molecule has 112 valence electrons. The summed E-state index contributed by atoms with van der Waals surface area (Å²) in [6.07, 6.45) is 0. The number of methoxy groups -OCH3 is 1. The van der Waals surface area contributed by atoms with Gasteiger partial charge in [0.25, 0.3) is 5.91 Å². The first kappa shape index (κ1) is 15.9. The van der Waals surface area contributed by atoms with Crippen LogP contribution in [-0.2, 0) is 4.74 Å². The molecule has 2 rings (SSSR count). The zero-order valence-electron chi connectivity index (χ0n) is 11.8. The van der Waals surface area contributed by atoms with Crippen LogP contribution in [0.4, 0.5) is 4.39 Å². The molecule has 0 bridgehead atoms. The fourth-order valence-electron chi connectivity index (χ4n) is 2.24. The fourth-order valence-corrected chi connectivity index (χ4v) is 2.67. The summed E-state index contributed by atoms with van der Waals surface area (Å²) in [7, 11) is 1.60. The van der Waals surface area contributed by atoms with Crippen LogP contribution in [0.15, 0.2) is 36.4 Å². The lowest BCUT2D eigenvalue weighted by Gasteiger charge is -2.22. The number of rotatable bonds is 6. The molecule has 0 heterocycles. The summed E-state index contributed by atoms with van der Waals surface area (Å²) >= 11 is 3.35. The van der Waals surface area contributed by atoms with Gasteiger partial charge in [0.2, 0.25) is 0 Å². The summed E-state index contributed by atoms with van der Waals surface area (Å²) in [6, 6.07) is 9.93. The van der Waals surface area contributed by atoms with Gasteiger partial charge in [-0.1, -0.05) is 40.2 Å². The van der Waals surface area contributed by atoms with Crippen LogP contribution in [-0.4, -0.2) is 42.9 Å². The Morgan fingerprint density at radius 3 is 2.57 bits per heavy atom. The highest BCUT2D eigenvalue weighted by molar-refractivity contribution is 9.09. The van der Waals surface area contributed by atoms with Crippen molar-refractivity contribution >= 4 is 32.6 Å². The second kappa shape index (κ2) is 7.52. The zero-order chi connectivity index (χ0) is 15.2. The molecule has 1 amide bonds. The van der Waals surface area contributed by atoms with Gasteiger partial charge in [0.15, 0.2) is 0 Å². The Bertz CT molecular complexity index is 633. The number of halogens is 2. The highest BCUT2D eigenvalue weighted by Gasteiger charge is 2.18. The number of hydrogen-bond acceptors (Lipinski definition) is 2. The molecule has 3 nitrogen and oxygen atoms in total. The molecule has 2 aromatic carbocycles. The lowest BCUT2D eigenvalue weighted by Crippen LogP contribution is -2.35. The highest BCUT2D eigenvalue weighted by atomic mass is 79.9. The maximum absolute atomic E-state index is 13.8. The van der Waals surface area contributed by atoms with E-state index in [-0.39, 0.29) is 11.7 Å². The standard InChI is InChI=1S/C16H17BrFNO2/c1-21-11-10-19(9-8-17)16(20)14-6-7-15(18)13-5-3-2-4-12(13)14/h2-7H,8-11H2,1H3. The van der Waals surface area contributed by atoms with Gasteiger partial charge in [0.05, 0.1) is 6.61 Å². The number of carbonyl (C=O) groups excluding carboxylic acids is 1. The average molecular weight is 354 g/mol. The minimum Gasteiger partial charge on any atom is -0.383 e. The Morgan fingerprint density at radius 2 is 1.90 bits per heavy atom. The number of carbonyl (C=O) groups is 1. The van der Waals surface area contributed by atoms with Gasteiger partial charge in [-0.3, -0.25) is 4.79 Å². The summed E-state index contributed by atoms with van der Waals surface area (Å²) in [4.78, 5) is 14.4. The molecule has 0 atom stereocenters. The van der Waals surface area contributed by atoms with Crippen molar-refractivity contribution in [2.45, 2.75) is 0 Å². The largest absolute Gasteiger partial charge is 0.383 e. The van der Waals surface area contributed by atoms with Crippen molar-refractivity contribution < 1.29 is 13.9 Å². The van der Waals surface area contributed by atoms with Crippen LogP contribution in [0.1, 0.15) is 10.4 Å². The first-order chi connectivity index (χ1) is 10.2. The minimum atomic E-state index is -0.314. The van der Waals surface area contributed by atoms with E-state index in [4.69, 9.17) is 4.74 Å². The molecule has 0 aliphatic rings. The number of hydrogen-bond donors (Lipinski definition) is 0. The topological polar surface area (TPSA) is 29.5 Å². The highest BCUT2D eigenvalue weighted by Crippen LogP contribution is 2.23. The molecule has 0 unspecified atom stereocenters. The number of ether oxygens (including phenoxy) is 1. The quantitative estimate of drug-likeness (QED) is 0.744. The number of amides is 1. The monoisotopic (exact) mass is 353 g/mol. The molecule has 5 heteroatoms. The molecule has 0 saturated heterocycles. The van der Waals surface area contributed by atoms with Gasteiger partial charge in [0.1, 0.15) is 5.82 Å². The molecule has 0 aliphatic carbocycles. The van der Waals surface area contributed by atoms with E-state index in [2.05, 4.69) is 15.9 Å². The predicted molar refractivity (Wildman–Crippen MR) is 85.5 cm³/mol. The van der Waals surface area contributed by atoms with E-state index in [0.29, 0.717) is 41.4 Å². The van der Waals surface area contributed by atoms with E-state index >= 15 is 0 Å². The van der Waals surface area contributed by atoms with Crippen LogP contribution in [0.3, 0.4) is 0 Å². The second-order valence-electron chi connectivity index (χ2n) is 4.61. The van der Waals surface area contributed by atoms with Gasteiger partial charge >= 0.3 is 0 Å². The van der Waals surface area contributed by atoms with Gasteiger partial charge < -0.3 is 9.64 Å². The third-order valence-corrected chi connectivity index (χ3v) is 3.66. The Hall–Kier alpha value is -1.46. The molecule has 0 N–H and O–H groups in total. The van der Waals surface area contributed by atoms with Crippen molar-refractivity contribution in [2.24, 2.45) is 0 Å². The zero-order valence-corrected chi connectivity index (χ0v) is 13.4. The SMILES string of the molecule is COCCN(CCBr)C(=O)c1ccc(F)c2ccccc12. The number of nitrogens with zero attached hydrogens (tertiary/aromatic N) is 1. The van der Waals surface area contributed by atoms with E-state index in [1.165, 1.54) is 6.07 Å². The van der Waals surface area contributed by atoms with Crippen LogP contribution in [0, 0.1) is 5.82 Å². The van der Waals surface area contributed by atoms with Crippen LogP contribution in [0.2, 0.25) is 0 Å². The average Bonchev–Trinajstić information content (AvgIpc) is 2.51. The van der Waals surface area contributed by atoms with Gasteiger partial charge in [0, 0.05) is 36.5 Å². The maximum Gasteiger partial charge on any atom is 0.254 e. The Labute approximate surface area is 131 Å². The molecule has 2 aromatic rings. The van der Waals surface area contributed by atoms with Crippen molar-refractivity contribution in [3.8, 4) is 0 Å². The van der Waals surface area contributed by atoms with Gasteiger partial charge in [-0.25, -0.2) is 4.39 Å². The fraction of sp³-hybridized carbons (Fsp3) is 0.312. The summed E-state index contributed by atoms with van der Waals surface area (Å²) in [6.45, 7) is 1.55. The predicted octanol–water partition coefficient (Wildman–Crippen LogP) is 3.46. The second-order valence-corrected chi connectivity index (χ2v) is 5.41. The third-order valence-electron chi connectivity index (χ3n) is 3.31. The van der Waals surface area contributed by atoms with Crippen LogP contribution in [0.25, 0.3) is 10.8 Å². The number of fused-ring (bicyclic) bond motifs is 1. The Kier molecular flexibility index (Phi) is 5.70. The van der Waals surface area contributed by atoms with Gasteiger partial charge in [-0.2, -0.15) is 0 Å². The van der Waals surface area contributed by atoms with E-state index in [1.54, 1.807) is 36.3 Å². The van der Waals surface area contributed by atoms with Crippen molar-refractivity contribution in [2.75, 3.05) is 32.1 Å². The number of alkyl halides is 1. The molecule has 0 saturated carbocycles. The normalized spacial score (nSPS) is 10.8. The van der Waals surface area contributed by atoms with Crippen molar-refractivity contribution in [1.29, 1.82) is 0 Å². The van der Waals surface area contributed by atoms with Crippen molar-refractivity contribution in [1.82, 2.24) is 4.90 Å².